The van der Waals surface area contributed by atoms with Crippen LogP contribution in [0.2, 0.25) is 0 Å². The lowest BCUT2D eigenvalue weighted by molar-refractivity contribution is 0.413. The van der Waals surface area contributed by atoms with Gasteiger partial charge in [-0.2, -0.15) is 0 Å². The molecule has 1 aliphatic heterocycles. The van der Waals surface area contributed by atoms with Gasteiger partial charge in [0.2, 0.25) is 0 Å². The first kappa shape index (κ1) is 17.5. The Morgan fingerprint density at radius 3 is 2.59 bits per heavy atom. The Morgan fingerprint density at radius 2 is 1.81 bits per heavy atom. The second-order valence-electron chi connectivity index (χ2n) is 6.44. The van der Waals surface area contributed by atoms with Crippen molar-refractivity contribution in [1.29, 1.82) is 0 Å². The molecule has 0 saturated heterocycles. The summed E-state index contributed by atoms with van der Waals surface area (Å²) in [7, 11) is -2.11. The molecule has 0 atom stereocenters. The Bertz CT molecular complexity index is 1070. The van der Waals surface area contributed by atoms with Gasteiger partial charge < -0.3 is 4.74 Å². The highest BCUT2D eigenvalue weighted by Crippen LogP contribution is 2.35. The summed E-state index contributed by atoms with van der Waals surface area (Å²) >= 11 is 0. The van der Waals surface area contributed by atoms with E-state index in [1.165, 1.54) is 11.4 Å². The molecule has 2 heterocycles. The van der Waals surface area contributed by atoms with Gasteiger partial charge in [-0.05, 0) is 65.9 Å². The van der Waals surface area contributed by atoms with Gasteiger partial charge in [-0.15, -0.1) is 0 Å². The van der Waals surface area contributed by atoms with Crippen molar-refractivity contribution < 1.29 is 13.2 Å². The third-order valence-electron chi connectivity index (χ3n) is 4.80. The van der Waals surface area contributed by atoms with Crippen molar-refractivity contribution in [1.82, 2.24) is 4.98 Å². The van der Waals surface area contributed by atoms with Crippen molar-refractivity contribution >= 4 is 15.7 Å². The van der Waals surface area contributed by atoms with Gasteiger partial charge in [0.1, 0.15) is 5.75 Å². The van der Waals surface area contributed by atoms with Crippen molar-refractivity contribution in [3.05, 3.63) is 72.6 Å². The number of hydrogen-bond acceptors (Lipinski definition) is 4. The Morgan fingerprint density at radius 1 is 1.00 bits per heavy atom. The van der Waals surface area contributed by atoms with E-state index in [1.807, 2.05) is 24.3 Å². The van der Waals surface area contributed by atoms with Crippen LogP contribution < -0.4 is 9.04 Å². The number of sulfonamides is 1. The van der Waals surface area contributed by atoms with Gasteiger partial charge in [0.05, 0.1) is 17.7 Å². The fraction of sp³-hybridized carbons (Fsp3) is 0.190. The van der Waals surface area contributed by atoms with Crippen molar-refractivity contribution in [3.8, 4) is 16.9 Å². The summed E-state index contributed by atoms with van der Waals surface area (Å²) in [6.07, 6.45) is 5.16. The normalized spacial score (nSPS) is 13.9. The zero-order chi connectivity index (χ0) is 18.9. The lowest BCUT2D eigenvalue weighted by atomic mass is 9.98. The van der Waals surface area contributed by atoms with Gasteiger partial charge >= 0.3 is 0 Å². The van der Waals surface area contributed by atoms with Gasteiger partial charge in [0, 0.05) is 25.0 Å². The molecule has 0 saturated carbocycles. The number of pyridine rings is 1. The van der Waals surface area contributed by atoms with Crippen LogP contribution in [0.4, 0.5) is 5.69 Å². The minimum Gasteiger partial charge on any atom is -0.497 e. The quantitative estimate of drug-likeness (QED) is 0.689. The van der Waals surface area contributed by atoms with E-state index in [4.69, 9.17) is 4.74 Å². The molecule has 0 radical (unpaired) electrons. The van der Waals surface area contributed by atoms with Gasteiger partial charge in [-0.3, -0.25) is 9.29 Å². The lowest BCUT2D eigenvalue weighted by Crippen LogP contribution is -2.35. The molecule has 0 aliphatic carbocycles. The van der Waals surface area contributed by atoms with Gasteiger partial charge in [0.15, 0.2) is 0 Å². The Labute approximate surface area is 159 Å². The monoisotopic (exact) mass is 380 g/mol. The highest BCUT2D eigenvalue weighted by Gasteiger charge is 2.29. The van der Waals surface area contributed by atoms with Gasteiger partial charge in [0.25, 0.3) is 10.0 Å². The highest BCUT2D eigenvalue weighted by atomic mass is 32.2. The molecule has 5 nitrogen and oxygen atoms in total. The second kappa shape index (κ2) is 7.04. The summed E-state index contributed by atoms with van der Waals surface area (Å²) < 4.78 is 33.2. The number of nitrogens with zero attached hydrogens (tertiary/aromatic N) is 2. The van der Waals surface area contributed by atoms with Crippen LogP contribution in [0, 0.1) is 0 Å². The summed E-state index contributed by atoms with van der Waals surface area (Å²) in [5, 5.41) is 0. The number of anilines is 1. The molecule has 0 N–H and O–H groups in total. The van der Waals surface area contributed by atoms with Crippen molar-refractivity contribution in [2.24, 2.45) is 0 Å². The average molecular weight is 380 g/mol. The number of aromatic nitrogens is 1. The lowest BCUT2D eigenvalue weighted by Gasteiger charge is -2.31. The molecule has 0 amide bonds. The third-order valence-corrected chi connectivity index (χ3v) is 6.61. The van der Waals surface area contributed by atoms with Crippen LogP contribution in [0.25, 0.3) is 11.1 Å². The van der Waals surface area contributed by atoms with Gasteiger partial charge in [-0.25, -0.2) is 8.42 Å². The number of benzene rings is 2. The van der Waals surface area contributed by atoms with E-state index in [1.54, 1.807) is 36.7 Å². The highest BCUT2D eigenvalue weighted by molar-refractivity contribution is 7.92. The van der Waals surface area contributed by atoms with E-state index in [-0.39, 0.29) is 4.90 Å². The SMILES string of the molecule is COc1cccc(S(=O)(=O)N2CCCc3cc(-c4ccncc4)ccc32)c1. The van der Waals surface area contributed by atoms with Crippen molar-refractivity contribution in [2.45, 2.75) is 17.7 Å². The average Bonchev–Trinajstić information content (AvgIpc) is 2.73. The van der Waals surface area contributed by atoms with Crippen LogP contribution in [0.15, 0.2) is 71.9 Å². The first-order chi connectivity index (χ1) is 13.1. The zero-order valence-corrected chi connectivity index (χ0v) is 15.8. The molecule has 27 heavy (non-hydrogen) atoms. The number of fused-ring (bicyclic) bond motifs is 1. The molecular formula is C21H20N2O3S. The standard InChI is InChI=1S/C21H20N2O3S/c1-26-19-5-2-6-20(15-19)27(24,25)23-13-3-4-18-14-17(7-8-21(18)23)16-9-11-22-12-10-16/h2,5-12,14-15H,3-4,13H2,1H3. The summed E-state index contributed by atoms with van der Waals surface area (Å²) in [4.78, 5) is 4.30. The Hall–Kier alpha value is -2.86. The first-order valence-corrected chi connectivity index (χ1v) is 10.2. The smallest absolute Gasteiger partial charge is 0.264 e. The summed E-state index contributed by atoms with van der Waals surface area (Å²) in [5.41, 5.74) is 3.93. The van der Waals surface area contributed by atoms with Crippen molar-refractivity contribution in [2.75, 3.05) is 18.0 Å². The van der Waals surface area contributed by atoms with Crippen LogP contribution in [-0.2, 0) is 16.4 Å². The Kier molecular flexibility index (Phi) is 4.58. The van der Waals surface area contributed by atoms with E-state index in [9.17, 15) is 8.42 Å². The fourth-order valence-corrected chi connectivity index (χ4v) is 5.00. The van der Waals surface area contributed by atoms with Crippen LogP contribution in [0.3, 0.4) is 0 Å². The molecule has 138 valence electrons. The molecule has 1 aliphatic rings. The minimum atomic E-state index is -3.64. The molecule has 6 heteroatoms. The third kappa shape index (κ3) is 3.28. The van der Waals surface area contributed by atoms with E-state index >= 15 is 0 Å². The van der Waals surface area contributed by atoms with E-state index in [0.29, 0.717) is 12.3 Å². The van der Waals surface area contributed by atoms with Gasteiger partial charge in [-0.1, -0.05) is 12.1 Å². The summed E-state index contributed by atoms with van der Waals surface area (Å²) in [5.74, 6) is 0.529. The topological polar surface area (TPSA) is 59.5 Å². The largest absolute Gasteiger partial charge is 0.497 e. The fourth-order valence-electron chi connectivity index (χ4n) is 3.43. The number of aryl methyl sites for hydroxylation is 1. The molecule has 3 aromatic rings. The minimum absolute atomic E-state index is 0.243. The summed E-state index contributed by atoms with van der Waals surface area (Å²) in [6.45, 7) is 0.473. The molecular weight excluding hydrogens is 360 g/mol. The Balaban J connectivity index is 1.75. The van der Waals surface area contributed by atoms with Crippen molar-refractivity contribution in [3.63, 3.8) is 0 Å². The molecule has 0 spiro atoms. The zero-order valence-electron chi connectivity index (χ0n) is 15.0. The van der Waals surface area contributed by atoms with E-state index < -0.39 is 10.0 Å². The maximum absolute atomic E-state index is 13.2. The van der Waals surface area contributed by atoms with Crippen LogP contribution in [0.5, 0.6) is 5.75 Å². The molecule has 1 aromatic heterocycles. The van der Waals surface area contributed by atoms with E-state index in [2.05, 4.69) is 11.1 Å². The predicted octanol–water partition coefficient (Wildman–Crippen LogP) is 3.90. The maximum Gasteiger partial charge on any atom is 0.264 e. The maximum atomic E-state index is 13.2. The summed E-state index contributed by atoms with van der Waals surface area (Å²) in [6, 6.07) is 16.5. The molecule has 0 unspecified atom stereocenters. The van der Waals surface area contributed by atoms with Crippen LogP contribution >= 0.6 is 0 Å². The predicted molar refractivity (Wildman–Crippen MR) is 106 cm³/mol. The molecule has 0 fully saturated rings. The van der Waals surface area contributed by atoms with Crippen LogP contribution in [-0.4, -0.2) is 27.1 Å². The molecule has 0 bridgehead atoms. The first-order valence-electron chi connectivity index (χ1n) is 8.80. The number of hydrogen-bond donors (Lipinski definition) is 0. The van der Waals surface area contributed by atoms with Crippen LogP contribution in [0.1, 0.15) is 12.0 Å². The molecule has 2 aromatic carbocycles. The number of rotatable bonds is 4. The number of methoxy groups -OCH3 is 1. The number of ether oxygens (including phenoxy) is 1. The second-order valence-corrected chi connectivity index (χ2v) is 8.30. The molecule has 4 rings (SSSR count). The van der Waals surface area contributed by atoms with E-state index in [0.717, 1.165) is 35.2 Å².